The fraction of sp³-hybridized carbons (Fsp3) is 0.105. The van der Waals surface area contributed by atoms with Crippen LogP contribution in [0.15, 0.2) is 60.9 Å². The molecule has 3 rings (SSSR count). The van der Waals surface area contributed by atoms with Crippen molar-refractivity contribution >= 4 is 46.1 Å². The molecule has 2 N–H and O–H groups in total. The fourth-order valence-corrected chi connectivity index (χ4v) is 2.76. The number of Topliss-reactive ketones (excluding diaryl/α,β-unsaturated/α-hetero) is 1. The van der Waals surface area contributed by atoms with Crippen LogP contribution in [0.3, 0.4) is 0 Å². The molecule has 0 atom stereocenters. The molecule has 1 aromatic heterocycles. The van der Waals surface area contributed by atoms with Gasteiger partial charge >= 0.3 is 0 Å². The predicted octanol–water partition coefficient (Wildman–Crippen LogP) is 4.60. The summed E-state index contributed by atoms with van der Waals surface area (Å²) in [6, 6.07) is 14.8. The Morgan fingerprint density at radius 2 is 1.88 bits per heavy atom. The fourth-order valence-electron chi connectivity index (χ4n) is 2.40. The second-order valence-electron chi connectivity index (χ2n) is 5.77. The summed E-state index contributed by atoms with van der Waals surface area (Å²) in [6.45, 7) is 2.17. The van der Waals surface area contributed by atoms with Gasteiger partial charge in [-0.05, 0) is 49.0 Å². The van der Waals surface area contributed by atoms with Crippen LogP contribution >= 0.6 is 23.8 Å². The monoisotopic (exact) mass is 384 g/mol. The second-order valence-corrected chi connectivity index (χ2v) is 6.61. The number of anilines is 2. The first kappa shape index (κ1) is 18.1. The molecule has 0 aliphatic rings. The molecule has 0 amide bonds. The summed E-state index contributed by atoms with van der Waals surface area (Å²) >= 11 is 11.2. The number of hydrogen-bond acceptors (Lipinski definition) is 3. The summed E-state index contributed by atoms with van der Waals surface area (Å²) in [7, 11) is 0. The van der Waals surface area contributed by atoms with E-state index in [0.29, 0.717) is 22.2 Å². The number of halogens is 1. The number of aromatic nitrogens is 2. The van der Waals surface area contributed by atoms with E-state index in [2.05, 4.69) is 15.7 Å². The normalized spacial score (nSPS) is 10.4. The van der Waals surface area contributed by atoms with E-state index in [-0.39, 0.29) is 5.78 Å². The van der Waals surface area contributed by atoms with E-state index in [4.69, 9.17) is 23.8 Å². The number of rotatable bonds is 5. The molecule has 0 bridgehead atoms. The molecule has 0 spiro atoms. The minimum atomic E-state index is 0.0102. The lowest BCUT2D eigenvalue weighted by molar-refractivity contribution is 0.101. The highest BCUT2D eigenvalue weighted by atomic mass is 35.5. The van der Waals surface area contributed by atoms with Crippen LogP contribution in [-0.4, -0.2) is 20.7 Å². The van der Waals surface area contributed by atoms with Crippen molar-refractivity contribution in [3.05, 3.63) is 77.1 Å². The molecule has 0 fully saturated rings. The van der Waals surface area contributed by atoms with Gasteiger partial charge in [-0.2, -0.15) is 5.10 Å². The molecule has 0 saturated carbocycles. The van der Waals surface area contributed by atoms with Crippen molar-refractivity contribution in [3.63, 3.8) is 0 Å². The topological polar surface area (TPSA) is 59.0 Å². The van der Waals surface area contributed by atoms with E-state index in [0.717, 1.165) is 16.9 Å². The van der Waals surface area contributed by atoms with Crippen molar-refractivity contribution in [2.75, 3.05) is 10.6 Å². The largest absolute Gasteiger partial charge is 0.332 e. The summed E-state index contributed by atoms with van der Waals surface area (Å²) in [6.07, 6.45) is 3.57. The van der Waals surface area contributed by atoms with Crippen LogP contribution in [0.5, 0.6) is 0 Å². The van der Waals surface area contributed by atoms with Gasteiger partial charge in [-0.3, -0.25) is 9.48 Å². The number of carbonyl (C=O) groups excluding carboxylic acids is 1. The maximum absolute atomic E-state index is 11.5. The van der Waals surface area contributed by atoms with Crippen molar-refractivity contribution in [2.45, 2.75) is 13.5 Å². The molecule has 132 valence electrons. The van der Waals surface area contributed by atoms with Crippen LogP contribution in [-0.2, 0) is 6.54 Å². The van der Waals surface area contributed by atoms with Crippen LogP contribution in [0.2, 0.25) is 5.02 Å². The van der Waals surface area contributed by atoms with Crippen molar-refractivity contribution in [3.8, 4) is 0 Å². The highest BCUT2D eigenvalue weighted by Gasteiger charge is 2.05. The number of benzene rings is 2. The van der Waals surface area contributed by atoms with Crippen LogP contribution in [0, 0.1) is 0 Å². The van der Waals surface area contributed by atoms with Gasteiger partial charge in [0.05, 0.1) is 18.4 Å². The molecule has 5 nitrogen and oxygen atoms in total. The zero-order chi connectivity index (χ0) is 18.5. The van der Waals surface area contributed by atoms with Crippen LogP contribution in [0.25, 0.3) is 0 Å². The van der Waals surface area contributed by atoms with E-state index in [1.54, 1.807) is 18.3 Å². The SMILES string of the molecule is CC(=O)c1cccc(NC(=S)Nc2cnn(Cc3ccc(Cl)cc3)c2)c1. The van der Waals surface area contributed by atoms with E-state index < -0.39 is 0 Å². The predicted molar refractivity (Wildman–Crippen MR) is 109 cm³/mol. The van der Waals surface area contributed by atoms with Crippen LogP contribution in [0.1, 0.15) is 22.8 Å². The molecule has 7 heteroatoms. The summed E-state index contributed by atoms with van der Waals surface area (Å²) in [5, 5.41) is 11.6. The summed E-state index contributed by atoms with van der Waals surface area (Å²) in [4.78, 5) is 11.5. The van der Waals surface area contributed by atoms with Crippen molar-refractivity contribution in [2.24, 2.45) is 0 Å². The Morgan fingerprint density at radius 1 is 1.15 bits per heavy atom. The third-order valence-corrected chi connectivity index (χ3v) is 4.13. The molecular weight excluding hydrogens is 368 g/mol. The summed E-state index contributed by atoms with van der Waals surface area (Å²) in [5.41, 5.74) is 3.27. The lowest BCUT2D eigenvalue weighted by Gasteiger charge is -2.09. The number of ketones is 1. The summed E-state index contributed by atoms with van der Waals surface area (Å²) < 4.78 is 1.81. The Hall–Kier alpha value is -2.70. The minimum Gasteiger partial charge on any atom is -0.332 e. The summed E-state index contributed by atoms with van der Waals surface area (Å²) in [5.74, 6) is 0.0102. The molecule has 1 heterocycles. The zero-order valence-electron chi connectivity index (χ0n) is 14.1. The third kappa shape index (κ3) is 4.91. The van der Waals surface area contributed by atoms with Gasteiger partial charge in [-0.25, -0.2) is 0 Å². The quantitative estimate of drug-likeness (QED) is 0.497. The Bertz CT molecular complexity index is 937. The molecule has 0 radical (unpaired) electrons. The van der Waals surface area contributed by atoms with Gasteiger partial charge in [0.1, 0.15) is 0 Å². The van der Waals surface area contributed by atoms with Crippen molar-refractivity contribution in [1.82, 2.24) is 9.78 Å². The zero-order valence-corrected chi connectivity index (χ0v) is 15.6. The Kier molecular flexibility index (Phi) is 5.65. The Labute approximate surface area is 162 Å². The molecule has 26 heavy (non-hydrogen) atoms. The Morgan fingerprint density at radius 3 is 2.62 bits per heavy atom. The van der Waals surface area contributed by atoms with E-state index in [1.165, 1.54) is 6.92 Å². The first-order valence-corrected chi connectivity index (χ1v) is 8.74. The molecule has 0 unspecified atom stereocenters. The van der Waals surface area contributed by atoms with Crippen molar-refractivity contribution < 1.29 is 4.79 Å². The van der Waals surface area contributed by atoms with Gasteiger partial charge in [-0.15, -0.1) is 0 Å². The number of carbonyl (C=O) groups is 1. The standard InChI is InChI=1S/C19H17ClN4OS/c1-13(25)15-3-2-4-17(9-15)22-19(26)23-18-10-21-24(12-18)11-14-5-7-16(20)8-6-14/h2-10,12H,11H2,1H3,(H2,22,23,26). The number of thiocarbonyl (C=S) groups is 1. The first-order valence-electron chi connectivity index (χ1n) is 7.95. The van der Waals surface area contributed by atoms with E-state index >= 15 is 0 Å². The maximum Gasteiger partial charge on any atom is 0.175 e. The third-order valence-electron chi connectivity index (χ3n) is 3.68. The molecule has 0 aliphatic heterocycles. The molecule has 2 aromatic carbocycles. The molecule has 0 saturated heterocycles. The molecule has 0 aliphatic carbocycles. The number of nitrogens with one attached hydrogen (secondary N) is 2. The number of hydrogen-bond donors (Lipinski definition) is 2. The van der Waals surface area contributed by atoms with E-state index in [9.17, 15) is 4.79 Å². The van der Waals surface area contributed by atoms with Gasteiger partial charge in [0, 0.05) is 22.5 Å². The smallest absolute Gasteiger partial charge is 0.175 e. The maximum atomic E-state index is 11.5. The average molecular weight is 385 g/mol. The highest BCUT2D eigenvalue weighted by Crippen LogP contribution is 2.14. The van der Waals surface area contributed by atoms with E-state index in [1.807, 2.05) is 47.3 Å². The average Bonchev–Trinajstić information content (AvgIpc) is 3.04. The lowest BCUT2D eigenvalue weighted by Crippen LogP contribution is -2.19. The highest BCUT2D eigenvalue weighted by molar-refractivity contribution is 7.80. The van der Waals surface area contributed by atoms with Gasteiger partial charge < -0.3 is 10.6 Å². The van der Waals surface area contributed by atoms with Crippen LogP contribution in [0.4, 0.5) is 11.4 Å². The van der Waals surface area contributed by atoms with Crippen molar-refractivity contribution in [1.29, 1.82) is 0 Å². The van der Waals surface area contributed by atoms with Gasteiger partial charge in [0.25, 0.3) is 0 Å². The molecule has 3 aromatic rings. The second kappa shape index (κ2) is 8.12. The van der Waals surface area contributed by atoms with Gasteiger partial charge in [0.2, 0.25) is 0 Å². The van der Waals surface area contributed by atoms with Crippen LogP contribution < -0.4 is 10.6 Å². The number of nitrogens with zero attached hydrogens (tertiary/aromatic N) is 2. The lowest BCUT2D eigenvalue weighted by atomic mass is 10.1. The molecular formula is C19H17ClN4OS. The van der Waals surface area contributed by atoms with Gasteiger partial charge in [-0.1, -0.05) is 35.9 Å². The Balaban J connectivity index is 1.60. The minimum absolute atomic E-state index is 0.0102. The first-order chi connectivity index (χ1) is 12.5. The van der Waals surface area contributed by atoms with Gasteiger partial charge in [0.15, 0.2) is 10.9 Å².